The van der Waals surface area contributed by atoms with E-state index < -0.39 is 5.41 Å². The normalized spacial score (nSPS) is 18.9. The number of nitriles is 1. The molecule has 140 valence electrons. The molecule has 0 aliphatic carbocycles. The molecule has 1 aromatic rings. The quantitative estimate of drug-likeness (QED) is 0.858. The molecule has 0 saturated carbocycles. The van der Waals surface area contributed by atoms with Crippen molar-refractivity contribution in [3.63, 3.8) is 0 Å². The third kappa shape index (κ3) is 3.58. The number of rotatable bonds is 4. The van der Waals surface area contributed by atoms with E-state index in [0.717, 1.165) is 11.4 Å². The second-order valence-electron chi connectivity index (χ2n) is 7.25. The minimum absolute atomic E-state index is 0.0233. The molecule has 8 nitrogen and oxygen atoms in total. The monoisotopic (exact) mass is 359 g/mol. The second-order valence-corrected chi connectivity index (χ2v) is 7.25. The highest BCUT2D eigenvalue weighted by atomic mass is 16.5. The van der Waals surface area contributed by atoms with Crippen LogP contribution in [0.15, 0.2) is 6.07 Å². The maximum atomic E-state index is 12.5. The van der Waals surface area contributed by atoms with Crippen LogP contribution in [0.4, 0.5) is 0 Å². The number of fused-ring (bicyclic) bond motifs is 1. The van der Waals surface area contributed by atoms with Gasteiger partial charge in [0.25, 0.3) is 0 Å². The zero-order valence-electron chi connectivity index (χ0n) is 15.3. The van der Waals surface area contributed by atoms with Crippen LogP contribution in [0.5, 0.6) is 0 Å². The maximum Gasteiger partial charge on any atom is 0.240 e. The third-order valence-corrected chi connectivity index (χ3v) is 5.08. The van der Waals surface area contributed by atoms with Gasteiger partial charge in [0.1, 0.15) is 5.41 Å². The van der Waals surface area contributed by atoms with Gasteiger partial charge in [0.15, 0.2) is 0 Å². The Labute approximate surface area is 153 Å². The number of hydrogen-bond acceptors (Lipinski definition) is 5. The van der Waals surface area contributed by atoms with Crippen LogP contribution in [0.3, 0.4) is 0 Å². The summed E-state index contributed by atoms with van der Waals surface area (Å²) in [6, 6.07) is 4.09. The summed E-state index contributed by atoms with van der Waals surface area (Å²) >= 11 is 0. The molecular formula is C18H25N5O3. The Morgan fingerprint density at radius 2 is 2.12 bits per heavy atom. The predicted molar refractivity (Wildman–Crippen MR) is 92.4 cm³/mol. The van der Waals surface area contributed by atoms with E-state index in [1.165, 1.54) is 0 Å². The first-order valence-electron chi connectivity index (χ1n) is 9.07. The largest absolute Gasteiger partial charge is 0.381 e. The molecule has 0 spiro atoms. The van der Waals surface area contributed by atoms with Gasteiger partial charge in [-0.25, -0.2) is 0 Å². The number of ether oxygens (including phenoxy) is 1. The molecule has 2 amide bonds. The summed E-state index contributed by atoms with van der Waals surface area (Å²) in [5, 5.41) is 16.8. The van der Waals surface area contributed by atoms with Crippen LogP contribution >= 0.6 is 0 Å². The summed E-state index contributed by atoms with van der Waals surface area (Å²) in [5.41, 5.74) is 0.709. The molecular weight excluding hydrogens is 334 g/mol. The molecule has 3 rings (SSSR count). The van der Waals surface area contributed by atoms with Crippen molar-refractivity contribution in [1.82, 2.24) is 20.0 Å². The Hall–Kier alpha value is -2.40. The van der Waals surface area contributed by atoms with E-state index >= 15 is 0 Å². The number of amides is 2. The summed E-state index contributed by atoms with van der Waals surface area (Å²) in [4.78, 5) is 26.5. The van der Waals surface area contributed by atoms with E-state index in [1.807, 2.05) is 29.5 Å². The third-order valence-electron chi connectivity index (χ3n) is 5.08. The zero-order valence-corrected chi connectivity index (χ0v) is 15.3. The molecule has 2 aliphatic heterocycles. The molecule has 0 aromatic carbocycles. The standard InChI is InChI=1S/C18H25N5O3/c1-13(2)16(24)22-5-6-23-15(11-22)9-14(21-23)10-20-17(25)18(12-19)3-7-26-8-4-18/h9,13H,3-8,10-11H2,1-2H3,(H,20,25). The first kappa shape index (κ1) is 18.4. The highest BCUT2D eigenvalue weighted by Gasteiger charge is 2.40. The molecule has 1 N–H and O–H groups in total. The van der Waals surface area contributed by atoms with Crippen LogP contribution in [-0.4, -0.2) is 46.3 Å². The summed E-state index contributed by atoms with van der Waals surface area (Å²) in [6.45, 7) is 6.78. The van der Waals surface area contributed by atoms with Crippen molar-refractivity contribution in [2.24, 2.45) is 11.3 Å². The molecule has 3 heterocycles. The van der Waals surface area contributed by atoms with Crippen LogP contribution in [0, 0.1) is 22.7 Å². The van der Waals surface area contributed by atoms with Crippen LogP contribution < -0.4 is 5.32 Å². The lowest BCUT2D eigenvalue weighted by atomic mass is 9.81. The summed E-state index contributed by atoms with van der Waals surface area (Å²) < 4.78 is 7.15. The SMILES string of the molecule is CC(C)C(=O)N1CCn2nc(CNC(=O)C3(C#N)CCOCC3)cc2C1. The fourth-order valence-corrected chi connectivity index (χ4v) is 3.42. The molecule has 0 bridgehead atoms. The molecule has 0 atom stereocenters. The molecule has 26 heavy (non-hydrogen) atoms. The maximum absolute atomic E-state index is 12.5. The summed E-state index contributed by atoms with van der Waals surface area (Å²) in [7, 11) is 0. The smallest absolute Gasteiger partial charge is 0.240 e. The number of aromatic nitrogens is 2. The van der Waals surface area contributed by atoms with Crippen LogP contribution in [0.2, 0.25) is 0 Å². The lowest BCUT2D eigenvalue weighted by molar-refractivity contribution is -0.136. The van der Waals surface area contributed by atoms with Crippen molar-refractivity contribution in [2.45, 2.75) is 46.3 Å². The van der Waals surface area contributed by atoms with E-state index in [0.29, 0.717) is 45.7 Å². The predicted octanol–water partition coefficient (Wildman–Crippen LogP) is 0.818. The van der Waals surface area contributed by atoms with E-state index in [1.54, 1.807) is 0 Å². The number of carbonyl (C=O) groups is 2. The Bertz CT molecular complexity index is 728. The lowest BCUT2D eigenvalue weighted by Crippen LogP contribution is -2.43. The minimum atomic E-state index is -1.00. The van der Waals surface area contributed by atoms with Crippen molar-refractivity contribution in [1.29, 1.82) is 5.26 Å². The second kappa shape index (κ2) is 7.46. The van der Waals surface area contributed by atoms with Crippen LogP contribution in [0.25, 0.3) is 0 Å². The van der Waals surface area contributed by atoms with Crippen molar-refractivity contribution in [3.05, 3.63) is 17.5 Å². The van der Waals surface area contributed by atoms with E-state index in [4.69, 9.17) is 4.74 Å². The number of carbonyl (C=O) groups excluding carboxylic acids is 2. The van der Waals surface area contributed by atoms with Gasteiger partial charge < -0.3 is 15.0 Å². The zero-order chi connectivity index (χ0) is 18.7. The highest BCUT2D eigenvalue weighted by Crippen LogP contribution is 2.30. The van der Waals surface area contributed by atoms with Crippen LogP contribution in [-0.2, 0) is 34.0 Å². The minimum Gasteiger partial charge on any atom is -0.381 e. The van der Waals surface area contributed by atoms with Gasteiger partial charge >= 0.3 is 0 Å². The van der Waals surface area contributed by atoms with Crippen molar-refractivity contribution in [3.8, 4) is 6.07 Å². The Kier molecular flexibility index (Phi) is 5.28. The molecule has 1 fully saturated rings. The van der Waals surface area contributed by atoms with Gasteiger partial charge in [0.2, 0.25) is 11.8 Å². The molecule has 2 aliphatic rings. The van der Waals surface area contributed by atoms with Crippen molar-refractivity contribution >= 4 is 11.8 Å². The molecule has 8 heteroatoms. The average molecular weight is 359 g/mol. The van der Waals surface area contributed by atoms with Gasteiger partial charge in [0.05, 0.1) is 37.1 Å². The van der Waals surface area contributed by atoms with E-state index in [9.17, 15) is 14.9 Å². The fourth-order valence-electron chi connectivity index (χ4n) is 3.42. The molecule has 1 saturated heterocycles. The number of nitrogens with one attached hydrogen (secondary N) is 1. The van der Waals surface area contributed by atoms with Gasteiger partial charge in [-0.1, -0.05) is 13.8 Å². The number of nitrogens with zero attached hydrogens (tertiary/aromatic N) is 4. The first-order chi connectivity index (χ1) is 12.4. The Morgan fingerprint density at radius 3 is 2.77 bits per heavy atom. The van der Waals surface area contributed by atoms with Gasteiger partial charge in [-0.2, -0.15) is 10.4 Å². The summed E-state index contributed by atoms with van der Waals surface area (Å²) in [5.74, 6) is -0.140. The first-order valence-corrected chi connectivity index (χ1v) is 9.07. The topological polar surface area (TPSA) is 100 Å². The van der Waals surface area contributed by atoms with Gasteiger partial charge in [0, 0.05) is 25.7 Å². The molecule has 0 radical (unpaired) electrons. The summed E-state index contributed by atoms with van der Waals surface area (Å²) in [6.07, 6.45) is 0.836. The van der Waals surface area contributed by atoms with E-state index in [2.05, 4.69) is 16.5 Å². The Morgan fingerprint density at radius 1 is 1.38 bits per heavy atom. The van der Waals surface area contributed by atoms with Gasteiger partial charge in [-0.15, -0.1) is 0 Å². The molecule has 0 unspecified atom stereocenters. The van der Waals surface area contributed by atoms with E-state index in [-0.39, 0.29) is 24.3 Å². The highest BCUT2D eigenvalue weighted by molar-refractivity contribution is 5.85. The number of hydrogen-bond donors (Lipinski definition) is 1. The Balaban J connectivity index is 1.62. The van der Waals surface area contributed by atoms with Crippen molar-refractivity contribution in [2.75, 3.05) is 19.8 Å². The molecule has 1 aromatic heterocycles. The van der Waals surface area contributed by atoms with Crippen molar-refractivity contribution < 1.29 is 14.3 Å². The fraction of sp³-hybridized carbons (Fsp3) is 0.667. The van der Waals surface area contributed by atoms with Gasteiger partial charge in [-0.3, -0.25) is 14.3 Å². The van der Waals surface area contributed by atoms with Gasteiger partial charge in [-0.05, 0) is 18.9 Å². The average Bonchev–Trinajstić information content (AvgIpc) is 3.07. The van der Waals surface area contributed by atoms with Crippen LogP contribution in [0.1, 0.15) is 38.1 Å². The lowest BCUT2D eigenvalue weighted by Gasteiger charge is -2.29.